The van der Waals surface area contributed by atoms with E-state index in [0.29, 0.717) is 5.56 Å². The van der Waals surface area contributed by atoms with Gasteiger partial charge in [0.25, 0.3) is 6.43 Å². The number of hydrogen-bond donors (Lipinski definition) is 2. The molecule has 1 rings (SSSR count). The van der Waals surface area contributed by atoms with Crippen LogP contribution in [0.15, 0.2) is 24.3 Å². The zero-order chi connectivity index (χ0) is 11.4. The molecule has 15 heavy (non-hydrogen) atoms. The Morgan fingerprint density at radius 2 is 1.87 bits per heavy atom. The van der Waals surface area contributed by atoms with Crippen molar-refractivity contribution in [2.24, 2.45) is 5.73 Å². The van der Waals surface area contributed by atoms with Gasteiger partial charge < -0.3 is 10.8 Å². The van der Waals surface area contributed by atoms with Gasteiger partial charge in [-0.2, -0.15) is 0 Å². The molecule has 0 aliphatic heterocycles. The Morgan fingerprint density at radius 3 is 2.27 bits per heavy atom. The lowest BCUT2D eigenvalue weighted by atomic mass is 10.1. The summed E-state index contributed by atoms with van der Waals surface area (Å²) in [6.07, 6.45) is -2.37. The number of halogens is 2. The van der Waals surface area contributed by atoms with Crippen LogP contribution in [0.3, 0.4) is 0 Å². The maximum atomic E-state index is 12.2. The Labute approximate surface area is 85.5 Å². The van der Waals surface area contributed by atoms with E-state index in [4.69, 9.17) is 10.8 Å². The second-order valence-corrected chi connectivity index (χ2v) is 3.19. The van der Waals surface area contributed by atoms with Crippen molar-refractivity contribution in [3.05, 3.63) is 35.4 Å². The minimum absolute atomic E-state index is 0.0809. The number of benzene rings is 1. The van der Waals surface area contributed by atoms with Crippen molar-refractivity contribution < 1.29 is 18.7 Å². The maximum absolute atomic E-state index is 12.2. The quantitative estimate of drug-likeness (QED) is 0.801. The van der Waals surface area contributed by atoms with Crippen LogP contribution in [0.5, 0.6) is 0 Å². The number of carboxylic acids is 1. The van der Waals surface area contributed by atoms with Gasteiger partial charge in [0.2, 0.25) is 0 Å². The van der Waals surface area contributed by atoms with Crippen molar-refractivity contribution in [1.29, 1.82) is 0 Å². The molecular formula is C10H11F2NO2. The number of rotatable bonds is 4. The number of alkyl halides is 2. The average molecular weight is 215 g/mol. The number of carbonyl (C=O) groups is 1. The van der Waals surface area contributed by atoms with Crippen molar-refractivity contribution in [1.82, 2.24) is 0 Å². The molecule has 0 unspecified atom stereocenters. The topological polar surface area (TPSA) is 63.3 Å². The zero-order valence-corrected chi connectivity index (χ0v) is 7.86. The summed E-state index contributed by atoms with van der Waals surface area (Å²) in [6.45, 7) is 0. The van der Waals surface area contributed by atoms with E-state index in [2.05, 4.69) is 0 Å². The van der Waals surface area contributed by atoms with Gasteiger partial charge >= 0.3 is 5.97 Å². The molecule has 5 heteroatoms. The second kappa shape index (κ2) is 4.84. The SMILES string of the molecule is N[C@H](Cc1ccc(C(F)F)cc1)C(=O)O. The third kappa shape index (κ3) is 3.28. The zero-order valence-electron chi connectivity index (χ0n) is 7.86. The minimum atomic E-state index is -2.51. The molecule has 0 saturated heterocycles. The largest absolute Gasteiger partial charge is 0.480 e. The van der Waals surface area contributed by atoms with Crippen LogP contribution in [0, 0.1) is 0 Å². The molecule has 0 aliphatic carbocycles. The molecule has 0 aromatic heterocycles. The third-order valence-corrected chi connectivity index (χ3v) is 2.00. The number of carboxylic acid groups (broad SMARTS) is 1. The van der Waals surface area contributed by atoms with Gasteiger partial charge in [-0.25, -0.2) is 8.78 Å². The Kier molecular flexibility index (Phi) is 3.74. The van der Waals surface area contributed by atoms with Crippen LogP contribution in [-0.2, 0) is 11.2 Å². The molecule has 0 bridgehead atoms. The standard InChI is InChI=1S/C10H11F2NO2/c11-9(12)7-3-1-6(2-4-7)5-8(13)10(14)15/h1-4,8-9H,5,13H2,(H,14,15)/t8-/m1/s1. The first-order chi connectivity index (χ1) is 7.00. The van der Waals surface area contributed by atoms with E-state index >= 15 is 0 Å². The predicted octanol–water partition coefficient (Wildman–Crippen LogP) is 1.58. The highest BCUT2D eigenvalue weighted by molar-refractivity contribution is 5.73. The van der Waals surface area contributed by atoms with E-state index in [9.17, 15) is 13.6 Å². The molecule has 0 fully saturated rings. The van der Waals surface area contributed by atoms with E-state index in [0.717, 1.165) is 0 Å². The van der Waals surface area contributed by atoms with Gasteiger partial charge in [0.1, 0.15) is 6.04 Å². The van der Waals surface area contributed by atoms with E-state index in [1.807, 2.05) is 0 Å². The molecule has 1 aromatic rings. The molecule has 0 saturated carbocycles. The van der Waals surface area contributed by atoms with Crippen molar-refractivity contribution in [2.75, 3.05) is 0 Å². The average Bonchev–Trinajstić information content (AvgIpc) is 2.18. The van der Waals surface area contributed by atoms with Crippen LogP contribution in [0.4, 0.5) is 8.78 Å². The molecule has 0 heterocycles. The first-order valence-electron chi connectivity index (χ1n) is 4.36. The number of nitrogens with two attached hydrogens (primary N) is 1. The Hall–Kier alpha value is -1.49. The smallest absolute Gasteiger partial charge is 0.320 e. The summed E-state index contributed by atoms with van der Waals surface area (Å²) in [5.41, 5.74) is 5.85. The van der Waals surface area contributed by atoms with Crippen LogP contribution in [0.1, 0.15) is 17.6 Å². The lowest BCUT2D eigenvalue weighted by Gasteiger charge is -2.07. The van der Waals surface area contributed by atoms with Crippen molar-refractivity contribution >= 4 is 5.97 Å². The fraction of sp³-hybridized carbons (Fsp3) is 0.300. The van der Waals surface area contributed by atoms with E-state index < -0.39 is 18.4 Å². The monoisotopic (exact) mass is 215 g/mol. The first kappa shape index (κ1) is 11.6. The Morgan fingerprint density at radius 1 is 1.33 bits per heavy atom. The van der Waals surface area contributed by atoms with E-state index in [-0.39, 0.29) is 12.0 Å². The third-order valence-electron chi connectivity index (χ3n) is 2.00. The molecule has 0 aliphatic rings. The molecule has 0 radical (unpaired) electrons. The highest BCUT2D eigenvalue weighted by Crippen LogP contribution is 2.18. The van der Waals surface area contributed by atoms with Crippen LogP contribution in [0.2, 0.25) is 0 Å². The summed E-state index contributed by atoms with van der Waals surface area (Å²) in [5.74, 6) is -1.10. The highest BCUT2D eigenvalue weighted by Gasteiger charge is 2.12. The molecule has 1 aromatic carbocycles. The lowest BCUT2D eigenvalue weighted by Crippen LogP contribution is -2.32. The Balaban J connectivity index is 2.68. The normalized spacial score (nSPS) is 12.8. The fourth-order valence-corrected chi connectivity index (χ4v) is 1.14. The highest BCUT2D eigenvalue weighted by atomic mass is 19.3. The van der Waals surface area contributed by atoms with Crippen LogP contribution >= 0.6 is 0 Å². The van der Waals surface area contributed by atoms with Gasteiger partial charge in [-0.1, -0.05) is 24.3 Å². The van der Waals surface area contributed by atoms with Gasteiger partial charge in [0.15, 0.2) is 0 Å². The molecule has 1 atom stereocenters. The molecule has 3 N–H and O–H groups in total. The van der Waals surface area contributed by atoms with Crippen molar-refractivity contribution in [3.8, 4) is 0 Å². The van der Waals surface area contributed by atoms with E-state index in [1.54, 1.807) is 0 Å². The summed E-state index contributed by atoms with van der Waals surface area (Å²) >= 11 is 0. The second-order valence-electron chi connectivity index (χ2n) is 3.19. The van der Waals surface area contributed by atoms with Crippen LogP contribution in [0.25, 0.3) is 0 Å². The maximum Gasteiger partial charge on any atom is 0.320 e. The van der Waals surface area contributed by atoms with Gasteiger partial charge in [0, 0.05) is 5.56 Å². The van der Waals surface area contributed by atoms with Crippen LogP contribution < -0.4 is 5.73 Å². The summed E-state index contributed by atoms with van der Waals surface area (Å²) in [5, 5.41) is 8.54. The van der Waals surface area contributed by atoms with Gasteiger partial charge in [-0.05, 0) is 12.0 Å². The van der Waals surface area contributed by atoms with E-state index in [1.165, 1.54) is 24.3 Å². The van der Waals surface area contributed by atoms with Gasteiger partial charge in [0.05, 0.1) is 0 Å². The minimum Gasteiger partial charge on any atom is -0.480 e. The van der Waals surface area contributed by atoms with Crippen LogP contribution in [-0.4, -0.2) is 17.1 Å². The van der Waals surface area contributed by atoms with Gasteiger partial charge in [-0.15, -0.1) is 0 Å². The molecule has 3 nitrogen and oxygen atoms in total. The Bertz CT molecular complexity index is 338. The summed E-state index contributed by atoms with van der Waals surface area (Å²) in [7, 11) is 0. The molecule has 0 amide bonds. The molecule has 82 valence electrons. The molecular weight excluding hydrogens is 204 g/mol. The summed E-state index contributed by atoms with van der Waals surface area (Å²) in [4.78, 5) is 10.4. The lowest BCUT2D eigenvalue weighted by molar-refractivity contribution is -0.138. The fourth-order valence-electron chi connectivity index (χ4n) is 1.14. The first-order valence-corrected chi connectivity index (χ1v) is 4.36. The molecule has 0 spiro atoms. The predicted molar refractivity (Wildman–Crippen MR) is 50.7 cm³/mol. The van der Waals surface area contributed by atoms with Gasteiger partial charge in [-0.3, -0.25) is 4.79 Å². The summed E-state index contributed by atoms with van der Waals surface area (Å²) < 4.78 is 24.3. The number of hydrogen-bond acceptors (Lipinski definition) is 2. The number of aliphatic carboxylic acids is 1. The van der Waals surface area contributed by atoms with Crippen molar-refractivity contribution in [2.45, 2.75) is 18.9 Å². The summed E-state index contributed by atoms with van der Waals surface area (Å²) in [6, 6.07) is 4.47. The van der Waals surface area contributed by atoms with Crippen molar-refractivity contribution in [3.63, 3.8) is 0 Å².